The molecule has 0 aliphatic carbocycles. The van der Waals surface area contributed by atoms with Crippen molar-refractivity contribution in [2.45, 2.75) is 24.5 Å². The van der Waals surface area contributed by atoms with E-state index in [4.69, 9.17) is 9.56 Å². The Kier molecular flexibility index (Phi) is 7.11. The maximum atomic E-state index is 13.9. The average molecular weight is 570 g/mol. The van der Waals surface area contributed by atoms with E-state index in [0.29, 0.717) is 11.1 Å². The molecule has 10 nitrogen and oxygen atoms in total. The molecule has 196 valence electrons. The number of aryl methyl sites for hydroxylation is 1. The molecule has 3 N–H and O–H groups in total. The molecule has 3 aromatic carbocycles. The van der Waals surface area contributed by atoms with Gasteiger partial charge >= 0.3 is 0 Å². The molecule has 1 atom stereocenters. The van der Waals surface area contributed by atoms with Crippen molar-refractivity contribution in [2.24, 2.45) is 5.14 Å². The van der Waals surface area contributed by atoms with Crippen LogP contribution in [0.4, 0.5) is 0 Å². The second-order valence-corrected chi connectivity index (χ2v) is 13.1. The summed E-state index contributed by atoms with van der Waals surface area (Å²) in [6, 6.07) is 22.8. The largest absolute Gasteiger partial charge is 0.422 e. The monoisotopic (exact) mass is 569 g/mol. The highest BCUT2D eigenvalue weighted by molar-refractivity contribution is 7.91. The number of nitrogens with one attached hydrogen (secondary N) is 1. The zero-order valence-electron chi connectivity index (χ0n) is 20.1. The number of nitrogens with zero attached hydrogens (tertiary/aromatic N) is 3. The summed E-state index contributed by atoms with van der Waals surface area (Å²) in [4.78, 5) is 4.63. The summed E-state index contributed by atoms with van der Waals surface area (Å²) in [6.45, 7) is 1.46. The Morgan fingerprint density at radius 1 is 0.947 bits per heavy atom. The molecule has 1 unspecified atom stereocenters. The van der Waals surface area contributed by atoms with Gasteiger partial charge in [0, 0.05) is 0 Å². The zero-order valence-corrected chi connectivity index (χ0v) is 22.6. The van der Waals surface area contributed by atoms with E-state index in [1.165, 1.54) is 11.3 Å². The molecule has 0 bridgehead atoms. The normalized spacial score (nSPS) is 13.1. The van der Waals surface area contributed by atoms with E-state index in [2.05, 4.69) is 19.9 Å². The highest BCUT2D eigenvalue weighted by Gasteiger charge is 2.37. The Balaban J connectivity index is 1.57. The molecule has 5 rings (SSSR count). The van der Waals surface area contributed by atoms with Crippen molar-refractivity contribution in [2.75, 3.05) is 0 Å². The average Bonchev–Trinajstić information content (AvgIpc) is 3.51. The Bertz CT molecular complexity index is 1820. The van der Waals surface area contributed by atoms with E-state index in [9.17, 15) is 16.8 Å². The lowest BCUT2D eigenvalue weighted by molar-refractivity contribution is 0.443. The molecule has 0 aliphatic rings. The van der Waals surface area contributed by atoms with Crippen molar-refractivity contribution in [3.8, 4) is 11.1 Å². The topological polar surface area (TPSA) is 158 Å². The first kappa shape index (κ1) is 26.1. The van der Waals surface area contributed by atoms with Crippen LogP contribution in [-0.2, 0) is 32.3 Å². The molecule has 5 aromatic rings. The molecular formula is C25H23N5O5S3. The Labute approximate surface area is 223 Å². The SMILES string of the molecule is Cc1ccccc1CS(=O)(=O)C(c1nnc(CNS(N)(=O)=O)o1)c1nc2ccc(-c3ccccc3)cc2s1. The number of rotatable bonds is 9. The van der Waals surface area contributed by atoms with Crippen LogP contribution in [0.2, 0.25) is 0 Å². The molecular weight excluding hydrogens is 547 g/mol. The Morgan fingerprint density at radius 2 is 1.68 bits per heavy atom. The van der Waals surface area contributed by atoms with Crippen LogP contribution in [0, 0.1) is 6.92 Å². The highest BCUT2D eigenvalue weighted by atomic mass is 32.2. The predicted octanol–water partition coefficient (Wildman–Crippen LogP) is 3.65. The van der Waals surface area contributed by atoms with E-state index >= 15 is 0 Å². The number of aromatic nitrogens is 3. The van der Waals surface area contributed by atoms with Crippen LogP contribution < -0.4 is 9.86 Å². The van der Waals surface area contributed by atoms with Crippen LogP contribution >= 0.6 is 11.3 Å². The van der Waals surface area contributed by atoms with Gasteiger partial charge in [0.2, 0.25) is 11.8 Å². The highest BCUT2D eigenvalue weighted by Crippen LogP contribution is 2.38. The van der Waals surface area contributed by atoms with Gasteiger partial charge in [-0.2, -0.15) is 13.1 Å². The van der Waals surface area contributed by atoms with E-state index < -0.39 is 25.3 Å². The van der Waals surface area contributed by atoms with Crippen molar-refractivity contribution in [1.29, 1.82) is 0 Å². The number of sulfone groups is 1. The number of thiazole rings is 1. The van der Waals surface area contributed by atoms with Crippen molar-refractivity contribution in [3.63, 3.8) is 0 Å². The van der Waals surface area contributed by atoms with Crippen molar-refractivity contribution >= 4 is 41.6 Å². The second-order valence-electron chi connectivity index (χ2n) is 8.61. The van der Waals surface area contributed by atoms with Crippen molar-refractivity contribution < 1.29 is 21.3 Å². The maximum Gasteiger partial charge on any atom is 0.274 e. The molecule has 38 heavy (non-hydrogen) atoms. The first-order valence-electron chi connectivity index (χ1n) is 11.4. The first-order valence-corrected chi connectivity index (χ1v) is 15.5. The molecule has 0 fully saturated rings. The molecule has 13 heteroatoms. The minimum atomic E-state index is -4.01. The number of fused-ring (bicyclic) bond motifs is 1. The molecule has 0 spiro atoms. The van der Waals surface area contributed by atoms with E-state index in [1.807, 2.05) is 67.6 Å². The van der Waals surface area contributed by atoms with Gasteiger partial charge < -0.3 is 4.42 Å². The fourth-order valence-corrected chi connectivity index (χ4v) is 7.53. The molecule has 2 aromatic heterocycles. The van der Waals surface area contributed by atoms with Gasteiger partial charge in [-0.15, -0.1) is 21.5 Å². The molecule has 0 aliphatic heterocycles. The minimum absolute atomic E-state index is 0.127. The van der Waals surface area contributed by atoms with Gasteiger partial charge in [-0.3, -0.25) is 0 Å². The molecule has 0 saturated heterocycles. The fourth-order valence-electron chi connectivity index (χ4n) is 3.96. The van der Waals surface area contributed by atoms with Crippen molar-refractivity contribution in [1.82, 2.24) is 19.9 Å². The summed E-state index contributed by atoms with van der Waals surface area (Å²) in [7, 11) is -7.97. The van der Waals surface area contributed by atoms with Crippen LogP contribution in [0.1, 0.15) is 33.2 Å². The molecule has 0 radical (unpaired) electrons. The molecule has 2 heterocycles. The summed E-state index contributed by atoms with van der Waals surface area (Å²) >= 11 is 1.23. The lowest BCUT2D eigenvalue weighted by atomic mass is 10.1. The van der Waals surface area contributed by atoms with Gasteiger partial charge in [0.25, 0.3) is 10.2 Å². The maximum absolute atomic E-state index is 13.9. The summed E-state index contributed by atoms with van der Waals surface area (Å²) in [6.07, 6.45) is 0. The fraction of sp³-hybridized carbons (Fsp3) is 0.160. The van der Waals surface area contributed by atoms with Crippen LogP contribution in [0.5, 0.6) is 0 Å². The smallest absolute Gasteiger partial charge is 0.274 e. The lowest BCUT2D eigenvalue weighted by Gasteiger charge is -2.13. The molecule has 0 amide bonds. The predicted molar refractivity (Wildman–Crippen MR) is 145 cm³/mol. The van der Waals surface area contributed by atoms with Crippen LogP contribution in [0.15, 0.2) is 77.2 Å². The summed E-state index contributed by atoms with van der Waals surface area (Å²) in [5.41, 5.74) is 4.10. The van der Waals surface area contributed by atoms with Crippen LogP contribution in [-0.4, -0.2) is 32.0 Å². The number of hydrogen-bond donors (Lipinski definition) is 2. The number of hydrogen-bond acceptors (Lipinski definition) is 9. The molecule has 0 saturated carbocycles. The number of benzene rings is 3. The summed E-state index contributed by atoms with van der Waals surface area (Å²) in [5.74, 6) is -0.604. The third-order valence-electron chi connectivity index (χ3n) is 5.84. The zero-order chi connectivity index (χ0) is 26.9. The van der Waals surface area contributed by atoms with E-state index in [1.54, 1.807) is 12.1 Å². The lowest BCUT2D eigenvalue weighted by Crippen LogP contribution is -2.30. The quantitative estimate of drug-likeness (QED) is 0.272. The Morgan fingerprint density at radius 3 is 2.42 bits per heavy atom. The summed E-state index contributed by atoms with van der Waals surface area (Å²) < 4.78 is 58.7. The van der Waals surface area contributed by atoms with Crippen molar-refractivity contribution in [3.05, 3.63) is 101 Å². The van der Waals surface area contributed by atoms with Gasteiger partial charge in [-0.05, 0) is 41.3 Å². The number of nitrogens with two attached hydrogens (primary N) is 1. The second kappa shape index (κ2) is 10.3. The van der Waals surface area contributed by atoms with Gasteiger partial charge in [0.05, 0.1) is 22.5 Å². The van der Waals surface area contributed by atoms with E-state index in [0.717, 1.165) is 21.4 Å². The van der Waals surface area contributed by atoms with Crippen LogP contribution in [0.3, 0.4) is 0 Å². The van der Waals surface area contributed by atoms with Gasteiger partial charge in [-0.1, -0.05) is 60.7 Å². The van der Waals surface area contributed by atoms with Crippen LogP contribution in [0.25, 0.3) is 21.3 Å². The van der Waals surface area contributed by atoms with E-state index in [-0.39, 0.29) is 29.1 Å². The van der Waals surface area contributed by atoms with Gasteiger partial charge in [0.15, 0.2) is 15.1 Å². The Hall–Kier alpha value is -3.49. The first-order chi connectivity index (χ1) is 18.1. The van der Waals surface area contributed by atoms with Gasteiger partial charge in [0.1, 0.15) is 5.01 Å². The standard InChI is InChI=1S/C25H23N5O5S3/c1-16-7-5-6-10-19(16)15-37(31,32)23(24-30-29-22(35-24)14-27-38(26,33)34)25-28-20-12-11-18(13-21(20)36-25)17-8-3-2-4-9-17/h2-13,23,27H,14-15H2,1H3,(H2,26,33,34). The third kappa shape index (κ3) is 5.81. The third-order valence-corrected chi connectivity index (χ3v) is 9.48. The minimum Gasteiger partial charge on any atom is -0.422 e. The van der Waals surface area contributed by atoms with Gasteiger partial charge in [-0.25, -0.2) is 18.5 Å². The summed E-state index contributed by atoms with van der Waals surface area (Å²) in [5, 5.41) is 11.7.